The molecule has 0 radical (unpaired) electrons. The fourth-order valence-electron chi connectivity index (χ4n) is 4.21. The van der Waals surface area contributed by atoms with Crippen molar-refractivity contribution < 1.29 is 50.4 Å². The molecule has 1 unspecified atom stereocenters. The van der Waals surface area contributed by atoms with Crippen LogP contribution >= 0.6 is 7.82 Å². The molecule has 1 heterocycles. The van der Waals surface area contributed by atoms with Gasteiger partial charge in [-0.25, -0.2) is 31.3 Å². The molecule has 9 nitrogen and oxygen atoms in total. The van der Waals surface area contributed by atoms with E-state index in [4.69, 9.17) is 0 Å². The van der Waals surface area contributed by atoms with Crippen LogP contribution in [0.25, 0.3) is 0 Å². The maximum absolute atomic E-state index is 14.8. The summed E-state index contributed by atoms with van der Waals surface area (Å²) in [6, 6.07) is 4.84. The molecule has 40 heavy (non-hydrogen) atoms. The Morgan fingerprint density at radius 3 is 2.15 bits per heavy atom. The molecule has 0 bridgehead atoms. The number of phosphoric ester groups is 1. The predicted octanol–water partition coefficient (Wildman–Crippen LogP) is 4.92. The van der Waals surface area contributed by atoms with Crippen molar-refractivity contribution in [2.45, 2.75) is 26.1 Å². The van der Waals surface area contributed by atoms with Crippen LogP contribution in [0.3, 0.4) is 0 Å². The molecule has 3 N–H and O–H groups in total. The van der Waals surface area contributed by atoms with Crippen LogP contribution in [-0.4, -0.2) is 33.7 Å². The molecule has 15 heteroatoms. The standard InChI is InChI=1S/C25H21F5N3O6P/c1-12-16-4-3-13(24(34)31-10-17-19(28)6-14(26)7-20(17)29)5-22(16)33(25(35)32(12)2)11-18-21(30)8-15(27)9-23(18)39-40(36,37)38/h3-9,12H,10-11H2,1-2H3,(H,31,34)(H2,36,37,38). The van der Waals surface area contributed by atoms with E-state index in [0.29, 0.717) is 29.8 Å². The number of nitrogens with one attached hydrogen (secondary N) is 1. The molecular weight excluding hydrogens is 564 g/mol. The van der Waals surface area contributed by atoms with E-state index in [1.54, 1.807) is 6.92 Å². The highest BCUT2D eigenvalue weighted by atomic mass is 31.2. The van der Waals surface area contributed by atoms with Crippen molar-refractivity contribution in [2.24, 2.45) is 0 Å². The van der Waals surface area contributed by atoms with Gasteiger partial charge in [0.2, 0.25) is 0 Å². The molecule has 3 amide bonds. The number of carbonyl (C=O) groups is 2. The number of nitrogens with zero attached hydrogens (tertiary/aromatic N) is 2. The molecule has 0 fully saturated rings. The molecule has 0 saturated heterocycles. The van der Waals surface area contributed by atoms with Gasteiger partial charge in [0.05, 0.1) is 23.8 Å². The van der Waals surface area contributed by atoms with Gasteiger partial charge in [0.1, 0.15) is 34.8 Å². The molecule has 0 spiro atoms. The summed E-state index contributed by atoms with van der Waals surface area (Å²) < 4.78 is 85.6. The van der Waals surface area contributed by atoms with Crippen molar-refractivity contribution in [3.8, 4) is 5.75 Å². The summed E-state index contributed by atoms with van der Waals surface area (Å²) in [5, 5.41) is 2.31. The third-order valence-electron chi connectivity index (χ3n) is 6.33. The molecule has 3 aromatic carbocycles. The van der Waals surface area contributed by atoms with E-state index < -0.39 is 84.9 Å². The number of urea groups is 1. The van der Waals surface area contributed by atoms with Crippen molar-refractivity contribution in [3.05, 3.63) is 93.8 Å². The highest BCUT2D eigenvalue weighted by molar-refractivity contribution is 7.46. The molecule has 1 atom stereocenters. The van der Waals surface area contributed by atoms with Crippen molar-refractivity contribution in [1.82, 2.24) is 10.2 Å². The van der Waals surface area contributed by atoms with E-state index in [1.807, 2.05) is 0 Å². The van der Waals surface area contributed by atoms with Gasteiger partial charge in [-0.2, -0.15) is 0 Å². The average Bonchev–Trinajstić information content (AvgIpc) is 2.84. The molecular formula is C25H21F5N3O6P. The quantitative estimate of drug-likeness (QED) is 0.268. The van der Waals surface area contributed by atoms with Gasteiger partial charge in [-0.05, 0) is 24.6 Å². The molecule has 212 valence electrons. The summed E-state index contributed by atoms with van der Waals surface area (Å²) in [6.45, 7) is 0.371. The molecule has 3 aromatic rings. The Hall–Kier alpha value is -4.00. The molecule has 0 saturated carbocycles. The molecule has 0 aromatic heterocycles. The lowest BCUT2D eigenvalue weighted by molar-refractivity contribution is 0.0950. The minimum absolute atomic E-state index is 0.0671. The number of rotatable bonds is 7. The zero-order chi connectivity index (χ0) is 29.5. The summed E-state index contributed by atoms with van der Waals surface area (Å²) in [5.74, 6) is -7.62. The minimum Gasteiger partial charge on any atom is -0.404 e. The summed E-state index contributed by atoms with van der Waals surface area (Å²) in [6.07, 6.45) is 0. The van der Waals surface area contributed by atoms with Gasteiger partial charge in [0.15, 0.2) is 0 Å². The van der Waals surface area contributed by atoms with E-state index in [1.165, 1.54) is 30.1 Å². The van der Waals surface area contributed by atoms with Crippen LogP contribution in [0.1, 0.15) is 40.0 Å². The fourth-order valence-corrected chi connectivity index (χ4v) is 4.62. The van der Waals surface area contributed by atoms with Gasteiger partial charge in [0.25, 0.3) is 5.91 Å². The van der Waals surface area contributed by atoms with E-state index in [-0.39, 0.29) is 11.3 Å². The van der Waals surface area contributed by atoms with Crippen molar-refractivity contribution >= 4 is 25.4 Å². The van der Waals surface area contributed by atoms with Crippen molar-refractivity contribution in [1.29, 1.82) is 0 Å². The Balaban J connectivity index is 1.70. The molecule has 1 aliphatic rings. The van der Waals surface area contributed by atoms with Crippen LogP contribution in [0.2, 0.25) is 0 Å². The Labute approximate surface area is 224 Å². The second-order valence-corrected chi connectivity index (χ2v) is 10.1. The first kappa shape index (κ1) is 29.0. The van der Waals surface area contributed by atoms with E-state index in [2.05, 4.69) is 9.84 Å². The number of amides is 3. The lowest BCUT2D eigenvalue weighted by atomic mass is 9.98. The maximum Gasteiger partial charge on any atom is 0.524 e. The second-order valence-electron chi connectivity index (χ2n) is 8.91. The summed E-state index contributed by atoms with van der Waals surface area (Å²) in [4.78, 5) is 46.7. The largest absolute Gasteiger partial charge is 0.524 e. The number of hydrogen-bond donors (Lipinski definition) is 3. The van der Waals surface area contributed by atoms with E-state index in [0.717, 1.165) is 4.90 Å². The minimum atomic E-state index is -5.25. The third kappa shape index (κ3) is 5.93. The number of fused-ring (bicyclic) bond motifs is 1. The number of benzene rings is 3. The molecule has 1 aliphatic heterocycles. The summed E-state index contributed by atoms with van der Waals surface area (Å²) >= 11 is 0. The Morgan fingerprint density at radius 1 is 0.975 bits per heavy atom. The van der Waals surface area contributed by atoms with Gasteiger partial charge in [-0.1, -0.05) is 6.07 Å². The fraction of sp³-hybridized carbons (Fsp3) is 0.200. The SMILES string of the molecule is CC1c2ccc(C(=O)NCc3c(F)cc(F)cc3F)cc2N(Cc2c(F)cc(F)cc2OP(=O)(O)O)C(=O)N1C. The van der Waals surface area contributed by atoms with Crippen LogP contribution in [-0.2, 0) is 17.7 Å². The number of halogens is 5. The first-order chi connectivity index (χ1) is 18.7. The van der Waals surface area contributed by atoms with Crippen LogP contribution in [0, 0.1) is 29.1 Å². The Bertz CT molecular complexity index is 1540. The monoisotopic (exact) mass is 585 g/mol. The average molecular weight is 585 g/mol. The summed E-state index contributed by atoms with van der Waals surface area (Å²) in [5.41, 5.74) is -0.599. The summed E-state index contributed by atoms with van der Waals surface area (Å²) in [7, 11) is -3.80. The van der Waals surface area contributed by atoms with E-state index in [9.17, 15) is 45.9 Å². The number of hydrogen-bond acceptors (Lipinski definition) is 4. The Kier molecular flexibility index (Phi) is 7.88. The topological polar surface area (TPSA) is 119 Å². The zero-order valence-electron chi connectivity index (χ0n) is 20.8. The number of anilines is 1. The lowest BCUT2D eigenvalue weighted by Gasteiger charge is -2.40. The molecule has 0 aliphatic carbocycles. The number of carbonyl (C=O) groups excluding carboxylic acids is 2. The Morgan fingerprint density at radius 2 is 1.55 bits per heavy atom. The highest BCUT2D eigenvalue weighted by Gasteiger charge is 2.35. The van der Waals surface area contributed by atoms with E-state index >= 15 is 0 Å². The maximum atomic E-state index is 14.8. The predicted molar refractivity (Wildman–Crippen MR) is 131 cm³/mol. The van der Waals surface area contributed by atoms with Gasteiger partial charge < -0.3 is 14.7 Å². The third-order valence-corrected chi connectivity index (χ3v) is 6.77. The second kappa shape index (κ2) is 10.9. The first-order valence-electron chi connectivity index (χ1n) is 11.5. The first-order valence-corrected chi connectivity index (χ1v) is 13.0. The van der Waals surface area contributed by atoms with Gasteiger partial charge in [-0.15, -0.1) is 0 Å². The smallest absolute Gasteiger partial charge is 0.404 e. The van der Waals surface area contributed by atoms with Gasteiger partial charge in [0, 0.05) is 49.0 Å². The lowest BCUT2D eigenvalue weighted by Crippen LogP contribution is -2.46. The van der Waals surface area contributed by atoms with Crippen molar-refractivity contribution in [2.75, 3.05) is 11.9 Å². The van der Waals surface area contributed by atoms with Gasteiger partial charge >= 0.3 is 13.9 Å². The van der Waals surface area contributed by atoms with Crippen LogP contribution in [0.4, 0.5) is 32.4 Å². The van der Waals surface area contributed by atoms with Crippen molar-refractivity contribution in [3.63, 3.8) is 0 Å². The number of phosphoric acid groups is 1. The van der Waals surface area contributed by atoms with Crippen LogP contribution in [0.5, 0.6) is 5.75 Å². The highest BCUT2D eigenvalue weighted by Crippen LogP contribution is 2.42. The zero-order valence-corrected chi connectivity index (χ0v) is 21.7. The normalized spacial score (nSPS) is 15.2. The molecule has 4 rings (SSSR count). The van der Waals surface area contributed by atoms with Crippen LogP contribution < -0.4 is 14.7 Å². The van der Waals surface area contributed by atoms with Gasteiger partial charge in [-0.3, -0.25) is 19.5 Å². The van der Waals surface area contributed by atoms with Crippen LogP contribution in [0.15, 0.2) is 42.5 Å².